The van der Waals surface area contributed by atoms with Gasteiger partial charge in [-0.1, -0.05) is 20.8 Å². The summed E-state index contributed by atoms with van der Waals surface area (Å²) in [4.78, 5) is 4.40. The molecular weight excluding hydrogens is 222 g/mol. The fourth-order valence-electron chi connectivity index (χ4n) is 3.53. The van der Waals surface area contributed by atoms with Crippen LogP contribution < -0.4 is 5.32 Å². The molecule has 3 heteroatoms. The predicted octanol–water partition coefficient (Wildman–Crippen LogP) is 3.03. The third kappa shape index (κ3) is 1.99. The third-order valence-electron chi connectivity index (χ3n) is 4.74. The van der Waals surface area contributed by atoms with Crippen molar-refractivity contribution >= 4 is 0 Å². The molecule has 0 radical (unpaired) electrons. The summed E-state index contributed by atoms with van der Waals surface area (Å²) in [5.41, 5.74) is 2.03. The molecule has 1 N–H and O–H groups in total. The maximum atomic E-state index is 4.40. The number of aromatic nitrogens is 2. The van der Waals surface area contributed by atoms with Crippen LogP contribution in [0.5, 0.6) is 0 Å². The summed E-state index contributed by atoms with van der Waals surface area (Å²) in [7, 11) is 0. The molecule has 2 heterocycles. The molecular formula is C15H25N3. The topological polar surface area (TPSA) is 29.9 Å². The Hall–Kier alpha value is -0.830. The van der Waals surface area contributed by atoms with Crippen molar-refractivity contribution in [2.75, 3.05) is 6.54 Å². The zero-order valence-electron chi connectivity index (χ0n) is 11.9. The lowest BCUT2D eigenvalue weighted by atomic mass is 9.70. The standard InChI is InChI=1S/C15H25N3/c1-14(2,3)13-10-16-11-18(13)12-5-8-17-15(9-12)6-4-7-15/h10-12,17H,4-9H2,1-3H3. The summed E-state index contributed by atoms with van der Waals surface area (Å²) in [5.74, 6) is 0. The Bertz CT molecular complexity index is 423. The average molecular weight is 247 g/mol. The van der Waals surface area contributed by atoms with Gasteiger partial charge < -0.3 is 9.88 Å². The van der Waals surface area contributed by atoms with Crippen molar-refractivity contribution in [2.45, 2.75) is 69.9 Å². The molecule has 0 amide bonds. The molecule has 2 fully saturated rings. The fraction of sp³-hybridized carbons (Fsp3) is 0.800. The summed E-state index contributed by atoms with van der Waals surface area (Å²) in [5, 5.41) is 3.75. The molecule has 0 aromatic carbocycles. The van der Waals surface area contributed by atoms with Gasteiger partial charge in [0.25, 0.3) is 0 Å². The summed E-state index contributed by atoms with van der Waals surface area (Å²) in [6.45, 7) is 7.99. The molecule has 1 aromatic heterocycles. The minimum absolute atomic E-state index is 0.189. The van der Waals surface area contributed by atoms with E-state index in [1.54, 1.807) is 0 Å². The Labute approximate surface area is 110 Å². The summed E-state index contributed by atoms with van der Waals surface area (Å²) < 4.78 is 2.45. The van der Waals surface area contributed by atoms with Crippen molar-refractivity contribution in [3.8, 4) is 0 Å². The van der Waals surface area contributed by atoms with Crippen LogP contribution in [0.1, 0.15) is 64.6 Å². The van der Waals surface area contributed by atoms with Crippen molar-refractivity contribution in [3.63, 3.8) is 0 Å². The molecule has 1 spiro atoms. The van der Waals surface area contributed by atoms with Crippen LogP contribution in [-0.4, -0.2) is 21.6 Å². The van der Waals surface area contributed by atoms with E-state index in [1.807, 2.05) is 6.33 Å². The fourth-order valence-corrected chi connectivity index (χ4v) is 3.53. The van der Waals surface area contributed by atoms with Gasteiger partial charge in [0.15, 0.2) is 0 Å². The zero-order valence-corrected chi connectivity index (χ0v) is 11.9. The van der Waals surface area contributed by atoms with Crippen LogP contribution in [0.15, 0.2) is 12.5 Å². The van der Waals surface area contributed by atoms with Crippen LogP contribution in [0.3, 0.4) is 0 Å². The summed E-state index contributed by atoms with van der Waals surface area (Å²) in [6, 6.07) is 0.642. The molecule has 3 rings (SSSR count). The van der Waals surface area contributed by atoms with Crippen LogP contribution >= 0.6 is 0 Å². The van der Waals surface area contributed by atoms with Crippen molar-refractivity contribution in [1.29, 1.82) is 0 Å². The van der Waals surface area contributed by atoms with E-state index in [9.17, 15) is 0 Å². The number of nitrogens with one attached hydrogen (secondary N) is 1. The second kappa shape index (κ2) is 4.09. The molecule has 1 aromatic rings. The second-order valence-corrected chi connectivity index (χ2v) is 7.14. The first-order chi connectivity index (χ1) is 8.50. The van der Waals surface area contributed by atoms with Gasteiger partial charge in [0.1, 0.15) is 0 Å². The molecule has 2 aliphatic rings. The Morgan fingerprint density at radius 2 is 2.17 bits per heavy atom. The molecule has 1 unspecified atom stereocenters. The van der Waals surface area contributed by atoms with Gasteiger partial charge in [-0.05, 0) is 38.6 Å². The van der Waals surface area contributed by atoms with E-state index in [-0.39, 0.29) is 5.41 Å². The summed E-state index contributed by atoms with van der Waals surface area (Å²) >= 11 is 0. The average Bonchev–Trinajstić information content (AvgIpc) is 2.75. The predicted molar refractivity (Wildman–Crippen MR) is 73.8 cm³/mol. The number of hydrogen-bond donors (Lipinski definition) is 1. The number of piperidine rings is 1. The zero-order chi connectivity index (χ0) is 12.8. The number of imidazole rings is 1. The van der Waals surface area contributed by atoms with Crippen molar-refractivity contribution in [1.82, 2.24) is 14.9 Å². The summed E-state index contributed by atoms with van der Waals surface area (Å²) in [6.07, 6.45) is 10.7. The van der Waals surface area contributed by atoms with Crippen molar-refractivity contribution in [3.05, 3.63) is 18.2 Å². The molecule has 3 nitrogen and oxygen atoms in total. The first kappa shape index (κ1) is 12.2. The lowest BCUT2D eigenvalue weighted by Gasteiger charge is -2.49. The Morgan fingerprint density at radius 1 is 1.39 bits per heavy atom. The van der Waals surface area contributed by atoms with Gasteiger partial charge >= 0.3 is 0 Å². The molecule has 0 bridgehead atoms. The monoisotopic (exact) mass is 247 g/mol. The van der Waals surface area contributed by atoms with E-state index < -0.39 is 0 Å². The Balaban J connectivity index is 1.84. The number of hydrogen-bond acceptors (Lipinski definition) is 2. The third-order valence-corrected chi connectivity index (χ3v) is 4.74. The quantitative estimate of drug-likeness (QED) is 0.826. The van der Waals surface area contributed by atoms with Crippen LogP contribution in [0.2, 0.25) is 0 Å². The minimum Gasteiger partial charge on any atom is -0.331 e. The number of rotatable bonds is 1. The Kier molecular flexibility index (Phi) is 2.77. The maximum absolute atomic E-state index is 4.40. The van der Waals surface area contributed by atoms with Crippen LogP contribution in [0.4, 0.5) is 0 Å². The second-order valence-electron chi connectivity index (χ2n) is 7.14. The van der Waals surface area contributed by atoms with Gasteiger partial charge in [-0.25, -0.2) is 4.98 Å². The highest BCUT2D eigenvalue weighted by atomic mass is 15.1. The molecule has 18 heavy (non-hydrogen) atoms. The van der Waals surface area contributed by atoms with Crippen molar-refractivity contribution in [2.24, 2.45) is 0 Å². The first-order valence-electron chi connectivity index (χ1n) is 7.28. The van der Waals surface area contributed by atoms with Gasteiger partial charge in [-0.3, -0.25) is 0 Å². The van der Waals surface area contributed by atoms with E-state index in [0.29, 0.717) is 11.6 Å². The number of nitrogens with zero attached hydrogens (tertiary/aromatic N) is 2. The maximum Gasteiger partial charge on any atom is 0.0950 e. The van der Waals surface area contributed by atoms with Gasteiger partial charge in [-0.2, -0.15) is 0 Å². The lowest BCUT2D eigenvalue weighted by Crippen LogP contribution is -2.55. The smallest absolute Gasteiger partial charge is 0.0950 e. The Morgan fingerprint density at radius 3 is 2.78 bits per heavy atom. The van der Waals surface area contributed by atoms with Crippen molar-refractivity contribution < 1.29 is 0 Å². The normalized spacial score (nSPS) is 27.2. The molecule has 1 aliphatic carbocycles. The minimum atomic E-state index is 0.189. The van der Waals surface area contributed by atoms with E-state index >= 15 is 0 Å². The van der Waals surface area contributed by atoms with Crippen LogP contribution in [0.25, 0.3) is 0 Å². The van der Waals surface area contributed by atoms with Gasteiger partial charge in [0.05, 0.1) is 6.33 Å². The SMILES string of the molecule is CC(C)(C)c1cncn1C1CCNC2(CCC2)C1. The van der Waals surface area contributed by atoms with Crippen LogP contribution in [0, 0.1) is 0 Å². The van der Waals surface area contributed by atoms with E-state index in [0.717, 1.165) is 6.54 Å². The molecule has 1 saturated heterocycles. The molecule has 1 aliphatic heterocycles. The van der Waals surface area contributed by atoms with E-state index in [1.165, 1.54) is 37.8 Å². The lowest BCUT2D eigenvalue weighted by molar-refractivity contribution is 0.108. The molecule has 1 saturated carbocycles. The highest BCUT2D eigenvalue weighted by Gasteiger charge is 2.41. The van der Waals surface area contributed by atoms with Gasteiger partial charge in [0, 0.05) is 28.9 Å². The molecule has 1 atom stereocenters. The molecule has 100 valence electrons. The van der Waals surface area contributed by atoms with E-state index in [4.69, 9.17) is 0 Å². The first-order valence-corrected chi connectivity index (χ1v) is 7.28. The largest absolute Gasteiger partial charge is 0.331 e. The van der Waals surface area contributed by atoms with E-state index in [2.05, 4.69) is 41.8 Å². The van der Waals surface area contributed by atoms with Gasteiger partial charge in [-0.15, -0.1) is 0 Å². The van der Waals surface area contributed by atoms with Gasteiger partial charge in [0.2, 0.25) is 0 Å². The highest BCUT2D eigenvalue weighted by Crippen LogP contribution is 2.42. The highest BCUT2D eigenvalue weighted by molar-refractivity contribution is 5.13. The van der Waals surface area contributed by atoms with Crippen LogP contribution in [-0.2, 0) is 5.41 Å².